The number of fused-ring (bicyclic) bond motifs is 1. The molecule has 0 atom stereocenters. The Hall–Kier alpha value is -1.57. The molecule has 0 bridgehead atoms. The van der Waals surface area contributed by atoms with Gasteiger partial charge in [0.2, 0.25) is 0 Å². The van der Waals surface area contributed by atoms with Gasteiger partial charge in [0.1, 0.15) is 0 Å². The van der Waals surface area contributed by atoms with Crippen LogP contribution in [0.3, 0.4) is 0 Å². The van der Waals surface area contributed by atoms with Crippen molar-refractivity contribution >= 4 is 10.8 Å². The van der Waals surface area contributed by atoms with E-state index in [1.165, 1.54) is 10.8 Å². The third kappa shape index (κ3) is 3.06. The van der Waals surface area contributed by atoms with E-state index in [-0.39, 0.29) is 5.54 Å². The molecule has 2 rings (SSSR count). The Bertz CT molecular complexity index is 567. The molecule has 0 saturated carbocycles. The predicted octanol–water partition coefficient (Wildman–Crippen LogP) is 3.92. The molecule has 0 saturated heterocycles. The first-order valence-electron chi connectivity index (χ1n) is 6.96. The number of pyridine rings is 1. The van der Waals surface area contributed by atoms with E-state index < -0.39 is 0 Å². The van der Waals surface area contributed by atoms with Gasteiger partial charge in [-0.1, -0.05) is 32.0 Å². The summed E-state index contributed by atoms with van der Waals surface area (Å²) in [6, 6.07) is 10.5. The summed E-state index contributed by atoms with van der Waals surface area (Å²) in [6.07, 6.45) is 2.12. The van der Waals surface area contributed by atoms with Crippen molar-refractivity contribution < 1.29 is 9.30 Å². The van der Waals surface area contributed by atoms with Gasteiger partial charge in [0.25, 0.3) is 0 Å². The Morgan fingerprint density at radius 2 is 1.79 bits per heavy atom. The highest BCUT2D eigenvalue weighted by Gasteiger charge is 2.28. The molecule has 0 fully saturated rings. The van der Waals surface area contributed by atoms with E-state index in [2.05, 4.69) is 75.7 Å². The summed E-state index contributed by atoms with van der Waals surface area (Å²) in [6.45, 7) is 11.7. The maximum absolute atomic E-state index is 6.10. The molecule has 1 aromatic heterocycles. The smallest absolute Gasteiger partial charge is 0.376 e. The summed E-state index contributed by atoms with van der Waals surface area (Å²) in [4.78, 5) is 0. The molecule has 0 N–H and O–H groups in total. The van der Waals surface area contributed by atoms with E-state index in [4.69, 9.17) is 4.74 Å². The maximum atomic E-state index is 6.10. The van der Waals surface area contributed by atoms with Crippen LogP contribution in [0.25, 0.3) is 10.8 Å². The Kier molecular flexibility index (Phi) is 3.79. The van der Waals surface area contributed by atoms with E-state index in [1.54, 1.807) is 0 Å². The highest BCUT2D eigenvalue weighted by atomic mass is 16.5. The molecular formula is C17H24NO+. The zero-order valence-corrected chi connectivity index (χ0v) is 12.6. The minimum Gasteiger partial charge on any atom is -0.444 e. The van der Waals surface area contributed by atoms with Crippen LogP contribution in [0.1, 0.15) is 34.6 Å². The van der Waals surface area contributed by atoms with Crippen LogP contribution >= 0.6 is 0 Å². The number of nitrogens with zero attached hydrogens (tertiary/aromatic N) is 1. The molecule has 2 nitrogen and oxygen atoms in total. The number of hydrogen-bond acceptors (Lipinski definition) is 1. The second kappa shape index (κ2) is 5.20. The predicted molar refractivity (Wildman–Crippen MR) is 79.5 cm³/mol. The Morgan fingerprint density at radius 1 is 1.11 bits per heavy atom. The molecule has 0 unspecified atom stereocenters. The van der Waals surface area contributed by atoms with Gasteiger partial charge in [-0.3, -0.25) is 0 Å². The van der Waals surface area contributed by atoms with Crippen molar-refractivity contribution in [1.29, 1.82) is 0 Å². The fraction of sp³-hybridized carbons (Fsp3) is 0.471. The van der Waals surface area contributed by atoms with E-state index in [0.29, 0.717) is 5.92 Å². The molecule has 0 amide bonds. The number of aromatic nitrogens is 1. The van der Waals surface area contributed by atoms with Crippen molar-refractivity contribution in [2.24, 2.45) is 5.92 Å². The highest BCUT2D eigenvalue weighted by molar-refractivity contribution is 5.85. The zero-order chi connectivity index (χ0) is 14.0. The number of benzene rings is 1. The van der Waals surface area contributed by atoms with Crippen molar-refractivity contribution in [2.45, 2.75) is 40.2 Å². The van der Waals surface area contributed by atoms with Crippen LogP contribution < -0.4 is 9.30 Å². The third-order valence-electron chi connectivity index (χ3n) is 3.09. The van der Waals surface area contributed by atoms with Crippen LogP contribution in [0.5, 0.6) is 5.88 Å². The SMILES string of the molecule is CC(C)COc1c2ccccc2cc[n+]1C(C)(C)C. The van der Waals surface area contributed by atoms with Crippen LogP contribution in [0.15, 0.2) is 36.5 Å². The fourth-order valence-electron chi connectivity index (χ4n) is 2.11. The summed E-state index contributed by atoms with van der Waals surface area (Å²) >= 11 is 0. The summed E-state index contributed by atoms with van der Waals surface area (Å²) in [7, 11) is 0. The topological polar surface area (TPSA) is 13.1 Å². The van der Waals surface area contributed by atoms with Gasteiger partial charge in [-0.25, -0.2) is 0 Å². The van der Waals surface area contributed by atoms with Gasteiger partial charge in [-0.2, -0.15) is 4.57 Å². The summed E-state index contributed by atoms with van der Waals surface area (Å²) in [5.74, 6) is 1.49. The number of hydrogen-bond donors (Lipinski definition) is 0. The van der Waals surface area contributed by atoms with Crippen LogP contribution in [0, 0.1) is 5.92 Å². The van der Waals surface area contributed by atoms with E-state index in [0.717, 1.165) is 12.5 Å². The Labute approximate surface area is 116 Å². The zero-order valence-electron chi connectivity index (χ0n) is 12.6. The van der Waals surface area contributed by atoms with Gasteiger partial charge in [0.15, 0.2) is 11.7 Å². The molecule has 0 aliphatic rings. The van der Waals surface area contributed by atoms with Crippen LogP contribution in [0.4, 0.5) is 0 Å². The maximum Gasteiger partial charge on any atom is 0.376 e. The largest absolute Gasteiger partial charge is 0.444 e. The second-order valence-corrected chi connectivity index (χ2v) is 6.45. The minimum atomic E-state index is 0.0103. The van der Waals surface area contributed by atoms with Gasteiger partial charge >= 0.3 is 5.88 Å². The molecule has 102 valence electrons. The number of ether oxygens (including phenoxy) is 1. The van der Waals surface area contributed by atoms with Crippen LogP contribution in [-0.4, -0.2) is 6.61 Å². The molecular weight excluding hydrogens is 234 g/mol. The number of rotatable bonds is 3. The third-order valence-corrected chi connectivity index (χ3v) is 3.09. The minimum absolute atomic E-state index is 0.0103. The van der Waals surface area contributed by atoms with E-state index in [9.17, 15) is 0 Å². The first-order valence-corrected chi connectivity index (χ1v) is 6.96. The lowest BCUT2D eigenvalue weighted by molar-refractivity contribution is -0.756. The fourth-order valence-corrected chi connectivity index (χ4v) is 2.11. The van der Waals surface area contributed by atoms with Crippen molar-refractivity contribution in [2.75, 3.05) is 6.61 Å². The highest BCUT2D eigenvalue weighted by Crippen LogP contribution is 2.24. The van der Waals surface area contributed by atoms with E-state index >= 15 is 0 Å². The van der Waals surface area contributed by atoms with Crippen molar-refractivity contribution in [3.05, 3.63) is 36.5 Å². The molecule has 1 heterocycles. The lowest BCUT2D eigenvalue weighted by atomic mass is 10.1. The van der Waals surface area contributed by atoms with Crippen LogP contribution in [0.2, 0.25) is 0 Å². The molecule has 0 radical (unpaired) electrons. The molecule has 1 aromatic carbocycles. The molecule has 0 aliphatic carbocycles. The second-order valence-electron chi connectivity index (χ2n) is 6.45. The van der Waals surface area contributed by atoms with Crippen molar-refractivity contribution in [1.82, 2.24) is 0 Å². The van der Waals surface area contributed by atoms with Crippen LogP contribution in [-0.2, 0) is 5.54 Å². The average Bonchev–Trinajstić information content (AvgIpc) is 2.34. The monoisotopic (exact) mass is 258 g/mol. The molecule has 0 spiro atoms. The average molecular weight is 258 g/mol. The summed E-state index contributed by atoms with van der Waals surface area (Å²) < 4.78 is 8.32. The molecule has 2 aromatic rings. The van der Waals surface area contributed by atoms with Gasteiger partial charge in [0, 0.05) is 26.8 Å². The normalized spacial score (nSPS) is 12.1. The lowest BCUT2D eigenvalue weighted by Crippen LogP contribution is -2.51. The molecule has 2 heteroatoms. The standard InChI is InChI=1S/C17H24NO/c1-13(2)12-19-16-15-9-7-6-8-14(15)10-11-18(16)17(3,4)5/h6-11,13H,12H2,1-5H3/q+1. The molecule has 0 aliphatic heterocycles. The van der Waals surface area contributed by atoms with Gasteiger partial charge in [-0.05, 0) is 17.4 Å². The first-order chi connectivity index (χ1) is 8.89. The Morgan fingerprint density at radius 3 is 2.42 bits per heavy atom. The lowest BCUT2D eigenvalue weighted by Gasteiger charge is -2.18. The molecule has 19 heavy (non-hydrogen) atoms. The first kappa shape index (κ1) is 13.9. The van der Waals surface area contributed by atoms with E-state index in [1.807, 2.05) is 0 Å². The van der Waals surface area contributed by atoms with Crippen molar-refractivity contribution in [3.8, 4) is 5.88 Å². The quantitative estimate of drug-likeness (QED) is 0.761. The Balaban J connectivity index is 2.58. The van der Waals surface area contributed by atoms with Gasteiger partial charge in [0.05, 0.1) is 12.0 Å². The van der Waals surface area contributed by atoms with Crippen molar-refractivity contribution in [3.63, 3.8) is 0 Å². The van der Waals surface area contributed by atoms with Gasteiger partial charge < -0.3 is 4.74 Å². The summed E-state index contributed by atoms with van der Waals surface area (Å²) in [5, 5.41) is 2.40. The van der Waals surface area contributed by atoms with Gasteiger partial charge in [-0.15, -0.1) is 0 Å². The summed E-state index contributed by atoms with van der Waals surface area (Å²) in [5.41, 5.74) is 0.0103.